The van der Waals surface area contributed by atoms with Gasteiger partial charge in [0.25, 0.3) is 0 Å². The van der Waals surface area contributed by atoms with Gasteiger partial charge in [-0.05, 0) is 42.7 Å². The fourth-order valence-electron chi connectivity index (χ4n) is 3.86. The van der Waals surface area contributed by atoms with Crippen LogP contribution in [0.1, 0.15) is 37.3 Å². The van der Waals surface area contributed by atoms with E-state index in [1.807, 2.05) is 17.0 Å². The first-order valence-corrected chi connectivity index (χ1v) is 8.37. The summed E-state index contributed by atoms with van der Waals surface area (Å²) in [5.41, 5.74) is 1.98. The number of likely N-dealkylation sites (tertiary alicyclic amines) is 1. The molecule has 4 heteroatoms. The van der Waals surface area contributed by atoms with Crippen LogP contribution >= 0.6 is 0 Å². The molecule has 1 aliphatic heterocycles. The molecule has 0 spiro atoms. The molecule has 2 N–H and O–H groups in total. The Bertz CT molecular complexity index is 546. The summed E-state index contributed by atoms with van der Waals surface area (Å²) in [5.74, 6) is 0.750. The van der Waals surface area contributed by atoms with Crippen LogP contribution in [0.2, 0.25) is 0 Å². The molecular formula is C18H26N2O2. The van der Waals surface area contributed by atoms with Crippen molar-refractivity contribution in [3.63, 3.8) is 0 Å². The molecule has 2 aliphatic rings. The van der Waals surface area contributed by atoms with Crippen molar-refractivity contribution >= 4 is 5.91 Å². The topological polar surface area (TPSA) is 52.6 Å². The Hall–Kier alpha value is -1.39. The van der Waals surface area contributed by atoms with E-state index in [-0.39, 0.29) is 12.5 Å². The number of amides is 1. The number of nitrogens with zero attached hydrogens (tertiary/aromatic N) is 1. The highest BCUT2D eigenvalue weighted by atomic mass is 16.3. The predicted molar refractivity (Wildman–Crippen MR) is 86.5 cm³/mol. The van der Waals surface area contributed by atoms with Crippen LogP contribution in [0.25, 0.3) is 0 Å². The standard InChI is InChI=1S/C18H26N2O2/c1-14-5-4-10-20(12-14)17(22)11-19-18(13-21)9-8-15-6-2-3-7-16(15)18/h2-3,6-7,14,19,21H,4-5,8-13H2,1H3. The Morgan fingerprint density at radius 2 is 2.27 bits per heavy atom. The van der Waals surface area contributed by atoms with Gasteiger partial charge in [-0.3, -0.25) is 10.1 Å². The van der Waals surface area contributed by atoms with E-state index in [2.05, 4.69) is 24.4 Å². The smallest absolute Gasteiger partial charge is 0.236 e. The van der Waals surface area contributed by atoms with E-state index < -0.39 is 5.54 Å². The minimum atomic E-state index is -0.451. The first kappa shape index (κ1) is 15.5. The molecule has 120 valence electrons. The van der Waals surface area contributed by atoms with Crippen molar-refractivity contribution in [2.75, 3.05) is 26.2 Å². The van der Waals surface area contributed by atoms with E-state index in [9.17, 15) is 9.90 Å². The lowest BCUT2D eigenvalue weighted by Gasteiger charge is -2.34. The molecule has 4 nitrogen and oxygen atoms in total. The van der Waals surface area contributed by atoms with Crippen molar-refractivity contribution < 1.29 is 9.90 Å². The van der Waals surface area contributed by atoms with Crippen molar-refractivity contribution in [3.05, 3.63) is 35.4 Å². The Labute approximate surface area is 132 Å². The molecule has 1 amide bonds. The van der Waals surface area contributed by atoms with Crippen molar-refractivity contribution in [1.29, 1.82) is 0 Å². The number of fused-ring (bicyclic) bond motifs is 1. The van der Waals surface area contributed by atoms with Crippen molar-refractivity contribution in [2.24, 2.45) is 5.92 Å². The van der Waals surface area contributed by atoms with Gasteiger partial charge in [0.2, 0.25) is 5.91 Å². The van der Waals surface area contributed by atoms with Crippen LogP contribution in [0.15, 0.2) is 24.3 Å². The second-order valence-corrected chi connectivity index (χ2v) is 6.84. The number of aliphatic hydroxyl groups is 1. The third-order valence-corrected chi connectivity index (χ3v) is 5.21. The minimum absolute atomic E-state index is 0.0354. The minimum Gasteiger partial charge on any atom is -0.394 e. The van der Waals surface area contributed by atoms with Crippen LogP contribution in [0.4, 0.5) is 0 Å². The van der Waals surface area contributed by atoms with Crippen LogP contribution < -0.4 is 5.32 Å². The van der Waals surface area contributed by atoms with E-state index in [1.54, 1.807) is 0 Å². The van der Waals surface area contributed by atoms with E-state index in [4.69, 9.17) is 0 Å². The van der Waals surface area contributed by atoms with Crippen LogP contribution in [-0.4, -0.2) is 42.2 Å². The molecule has 1 saturated heterocycles. The van der Waals surface area contributed by atoms with Gasteiger partial charge >= 0.3 is 0 Å². The molecular weight excluding hydrogens is 276 g/mol. The summed E-state index contributed by atoms with van der Waals surface area (Å²) < 4.78 is 0. The highest BCUT2D eigenvalue weighted by Crippen LogP contribution is 2.36. The maximum Gasteiger partial charge on any atom is 0.236 e. The number of rotatable bonds is 4. The number of carbonyl (C=O) groups excluding carboxylic acids is 1. The second-order valence-electron chi connectivity index (χ2n) is 6.84. The van der Waals surface area contributed by atoms with Crippen LogP contribution in [0.5, 0.6) is 0 Å². The molecule has 22 heavy (non-hydrogen) atoms. The summed E-state index contributed by atoms with van der Waals surface area (Å²) in [4.78, 5) is 14.4. The Morgan fingerprint density at radius 1 is 1.45 bits per heavy atom. The molecule has 0 aromatic heterocycles. The number of benzene rings is 1. The summed E-state index contributed by atoms with van der Waals surface area (Å²) in [6.45, 7) is 4.28. The predicted octanol–water partition coefficient (Wildman–Crippen LogP) is 1.67. The van der Waals surface area contributed by atoms with Crippen LogP contribution in [0.3, 0.4) is 0 Å². The zero-order chi connectivity index (χ0) is 15.6. The van der Waals surface area contributed by atoms with E-state index in [0.29, 0.717) is 12.5 Å². The number of carbonyl (C=O) groups is 1. The maximum atomic E-state index is 12.5. The molecule has 2 unspecified atom stereocenters. The fourth-order valence-corrected chi connectivity index (χ4v) is 3.86. The number of hydrogen-bond donors (Lipinski definition) is 2. The average molecular weight is 302 g/mol. The highest BCUT2D eigenvalue weighted by Gasteiger charge is 2.38. The summed E-state index contributed by atoms with van der Waals surface area (Å²) >= 11 is 0. The highest BCUT2D eigenvalue weighted by molar-refractivity contribution is 5.78. The number of aliphatic hydroxyl groups excluding tert-OH is 1. The zero-order valence-electron chi connectivity index (χ0n) is 13.3. The van der Waals surface area contributed by atoms with Crippen molar-refractivity contribution in [3.8, 4) is 0 Å². The van der Waals surface area contributed by atoms with Crippen molar-refractivity contribution in [2.45, 2.75) is 38.1 Å². The van der Waals surface area contributed by atoms with Gasteiger partial charge in [0.05, 0.1) is 18.7 Å². The number of aryl methyl sites for hydroxylation is 1. The summed E-state index contributed by atoms with van der Waals surface area (Å²) in [6.07, 6.45) is 4.12. The quantitative estimate of drug-likeness (QED) is 0.889. The van der Waals surface area contributed by atoms with E-state index in [1.165, 1.54) is 12.0 Å². The maximum absolute atomic E-state index is 12.5. The number of hydrogen-bond acceptors (Lipinski definition) is 3. The molecule has 1 aliphatic carbocycles. The summed E-state index contributed by atoms with van der Waals surface area (Å²) in [5, 5.41) is 13.3. The molecule has 0 radical (unpaired) electrons. The van der Waals surface area contributed by atoms with Crippen molar-refractivity contribution in [1.82, 2.24) is 10.2 Å². The van der Waals surface area contributed by atoms with Crippen LogP contribution in [0, 0.1) is 5.92 Å². The Balaban J connectivity index is 1.66. The normalized spacial score (nSPS) is 27.7. The van der Waals surface area contributed by atoms with Gasteiger partial charge in [-0.1, -0.05) is 31.2 Å². The molecule has 1 heterocycles. The molecule has 1 aromatic rings. The van der Waals surface area contributed by atoms with Gasteiger partial charge in [-0.2, -0.15) is 0 Å². The molecule has 1 fully saturated rings. The lowest BCUT2D eigenvalue weighted by Crippen LogP contribution is -2.50. The van der Waals surface area contributed by atoms with Crippen LogP contribution in [-0.2, 0) is 16.8 Å². The molecule has 3 rings (SSSR count). The second kappa shape index (κ2) is 6.39. The fraction of sp³-hybridized carbons (Fsp3) is 0.611. The number of nitrogens with one attached hydrogen (secondary N) is 1. The molecule has 2 atom stereocenters. The van der Waals surface area contributed by atoms with Gasteiger partial charge in [-0.25, -0.2) is 0 Å². The Kier molecular flexibility index (Phi) is 4.50. The van der Waals surface area contributed by atoms with Gasteiger partial charge < -0.3 is 10.0 Å². The molecule has 0 bridgehead atoms. The summed E-state index contributed by atoms with van der Waals surface area (Å²) in [7, 11) is 0. The SMILES string of the molecule is CC1CCCN(C(=O)CNC2(CO)CCc3ccccc32)C1. The first-order chi connectivity index (χ1) is 10.6. The van der Waals surface area contributed by atoms with Gasteiger partial charge in [0.15, 0.2) is 0 Å². The van der Waals surface area contributed by atoms with E-state index >= 15 is 0 Å². The number of piperidine rings is 1. The lowest BCUT2D eigenvalue weighted by atomic mass is 9.92. The monoisotopic (exact) mass is 302 g/mol. The van der Waals surface area contributed by atoms with E-state index in [0.717, 1.165) is 37.9 Å². The molecule has 1 aromatic carbocycles. The van der Waals surface area contributed by atoms with Gasteiger partial charge in [-0.15, -0.1) is 0 Å². The summed E-state index contributed by atoms with van der Waals surface area (Å²) in [6, 6.07) is 8.22. The first-order valence-electron chi connectivity index (χ1n) is 8.37. The third kappa shape index (κ3) is 2.90. The third-order valence-electron chi connectivity index (χ3n) is 5.21. The molecule has 0 saturated carbocycles. The Morgan fingerprint density at radius 3 is 3.05 bits per heavy atom. The van der Waals surface area contributed by atoms with Gasteiger partial charge in [0.1, 0.15) is 0 Å². The lowest BCUT2D eigenvalue weighted by molar-refractivity contribution is -0.132. The zero-order valence-corrected chi connectivity index (χ0v) is 13.3. The average Bonchev–Trinajstić information content (AvgIpc) is 2.92. The van der Waals surface area contributed by atoms with Gasteiger partial charge in [0, 0.05) is 13.1 Å². The largest absolute Gasteiger partial charge is 0.394 e.